The van der Waals surface area contributed by atoms with E-state index in [1.807, 2.05) is 29.7 Å². The fourth-order valence-corrected chi connectivity index (χ4v) is 5.30. The van der Waals surface area contributed by atoms with E-state index in [4.69, 9.17) is 25.1 Å². The Balaban J connectivity index is 0. The molecule has 0 aliphatic carbocycles. The van der Waals surface area contributed by atoms with Crippen LogP contribution >= 0.6 is 35.3 Å². The molecule has 0 atom stereocenters. The molecule has 0 fully saturated rings. The Hall–Kier alpha value is -0.430. The van der Waals surface area contributed by atoms with Crippen LogP contribution in [0.15, 0.2) is 12.4 Å². The largest absolute Gasteiger partial charge is 0.481 e. The zero-order chi connectivity index (χ0) is 31.7. The lowest BCUT2D eigenvalue weighted by Crippen LogP contribution is -2.05. The Morgan fingerprint density at radius 2 is 1.24 bits per heavy atom. The quantitative estimate of drug-likeness (QED) is 0.0927. The van der Waals surface area contributed by atoms with E-state index in [2.05, 4.69) is 51.5 Å². The number of nitrogens with two attached hydrogens (primary N) is 1. The summed E-state index contributed by atoms with van der Waals surface area (Å²) in [5.74, 6) is 8.53. The Labute approximate surface area is 270 Å². The maximum atomic E-state index is 10.2. The minimum absolute atomic E-state index is 0.261. The fourth-order valence-electron chi connectivity index (χ4n) is 2.90. The molecule has 0 saturated carbocycles. The second-order valence-corrected chi connectivity index (χ2v) is 14.7. The topological polar surface area (TPSA) is 120 Å². The molecule has 4 N–H and O–H groups in total. The van der Waals surface area contributed by atoms with Crippen molar-refractivity contribution in [3.63, 3.8) is 0 Å². The predicted molar refractivity (Wildman–Crippen MR) is 186 cm³/mol. The lowest BCUT2D eigenvalue weighted by molar-refractivity contribution is -0.136. The molecule has 0 spiro atoms. The number of aromatic amines is 1. The van der Waals surface area contributed by atoms with Crippen LogP contribution in [0.25, 0.3) is 0 Å². The highest BCUT2D eigenvalue weighted by Crippen LogP contribution is 2.06. The lowest BCUT2D eigenvalue weighted by Gasteiger charge is -2.06. The molecule has 1 aromatic heterocycles. The van der Waals surface area contributed by atoms with Gasteiger partial charge in [0.05, 0.1) is 6.42 Å². The molecular formula is C31H63N3O5S3. The second-order valence-electron chi connectivity index (χ2n) is 11.0. The summed E-state index contributed by atoms with van der Waals surface area (Å²) in [6, 6.07) is 0. The number of carboxylic acid groups (broad SMARTS) is 1. The van der Waals surface area contributed by atoms with Crippen LogP contribution in [0.5, 0.6) is 0 Å². The molecule has 0 aromatic carbocycles. The third-order valence-corrected chi connectivity index (χ3v) is 8.09. The number of carbonyl (C=O) groups is 1. The second kappa shape index (κ2) is 35.1. The van der Waals surface area contributed by atoms with Gasteiger partial charge in [0.25, 0.3) is 0 Å². The van der Waals surface area contributed by atoms with Gasteiger partial charge in [0, 0.05) is 82.3 Å². The third kappa shape index (κ3) is 41.7. The Kier molecular flexibility index (Phi) is 36.5. The van der Waals surface area contributed by atoms with E-state index in [1.165, 1.54) is 11.5 Å². The highest BCUT2D eigenvalue weighted by molar-refractivity contribution is 7.99. The number of carboxylic acids is 1. The molecule has 11 heteroatoms. The van der Waals surface area contributed by atoms with Crippen LogP contribution in [-0.4, -0.2) is 102 Å². The minimum atomic E-state index is -0.714. The fraction of sp³-hybridized carbons (Fsp3) is 0.871. The smallest absolute Gasteiger partial charge is 0.304 e. The molecule has 1 rings (SSSR count). The van der Waals surface area contributed by atoms with Gasteiger partial charge in [-0.1, -0.05) is 41.5 Å². The summed E-state index contributed by atoms with van der Waals surface area (Å²) >= 11 is 5.56. The molecule has 0 amide bonds. The first-order chi connectivity index (χ1) is 20.2. The van der Waals surface area contributed by atoms with Crippen molar-refractivity contribution in [2.45, 2.75) is 73.6 Å². The van der Waals surface area contributed by atoms with Crippen LogP contribution in [0.3, 0.4) is 0 Å². The molecule has 250 valence electrons. The molecule has 0 radical (unpaired) electrons. The monoisotopic (exact) mass is 653 g/mol. The van der Waals surface area contributed by atoms with Crippen LogP contribution in [0.1, 0.15) is 73.1 Å². The van der Waals surface area contributed by atoms with Crippen molar-refractivity contribution in [1.82, 2.24) is 9.97 Å². The zero-order valence-electron chi connectivity index (χ0n) is 27.4. The summed E-state index contributed by atoms with van der Waals surface area (Å²) in [7, 11) is 0. The number of hydrogen-bond donors (Lipinski definition) is 3. The van der Waals surface area contributed by atoms with Crippen molar-refractivity contribution in [1.29, 1.82) is 0 Å². The molecule has 1 heterocycles. The van der Waals surface area contributed by atoms with E-state index in [0.29, 0.717) is 23.5 Å². The molecule has 0 aliphatic heterocycles. The van der Waals surface area contributed by atoms with Gasteiger partial charge in [0.2, 0.25) is 0 Å². The molecule has 0 unspecified atom stereocenters. The van der Waals surface area contributed by atoms with Crippen molar-refractivity contribution in [3.05, 3.63) is 18.2 Å². The molecule has 42 heavy (non-hydrogen) atoms. The number of H-pyrrole nitrogens is 1. The average molecular weight is 654 g/mol. The SMILES string of the molecule is CC(C)COCCCSCCC(=O)O.CC(C)COCCCSCCN.CC(C)COCCCSCCc1ncc[nH]1. The van der Waals surface area contributed by atoms with Crippen LogP contribution < -0.4 is 5.73 Å². The van der Waals surface area contributed by atoms with Crippen LogP contribution in [0, 0.1) is 17.8 Å². The number of aliphatic carboxylic acids is 1. The third-order valence-electron chi connectivity index (χ3n) is 4.85. The number of nitrogens with zero attached hydrogens (tertiary/aromatic N) is 1. The Morgan fingerprint density at radius 1 is 0.786 bits per heavy atom. The number of nitrogens with one attached hydrogen (secondary N) is 1. The summed E-state index contributed by atoms with van der Waals surface area (Å²) in [4.78, 5) is 17.5. The molecule has 1 aromatic rings. The van der Waals surface area contributed by atoms with Gasteiger partial charge in [-0.15, -0.1) is 0 Å². The van der Waals surface area contributed by atoms with Gasteiger partial charge in [0.1, 0.15) is 5.82 Å². The lowest BCUT2D eigenvalue weighted by atomic mass is 10.2. The van der Waals surface area contributed by atoms with Gasteiger partial charge in [-0.2, -0.15) is 35.3 Å². The molecular weight excluding hydrogens is 591 g/mol. The summed E-state index contributed by atoms with van der Waals surface area (Å²) in [5.41, 5.74) is 5.36. The van der Waals surface area contributed by atoms with E-state index in [0.717, 1.165) is 95.0 Å². The first-order valence-electron chi connectivity index (χ1n) is 15.5. The van der Waals surface area contributed by atoms with Gasteiger partial charge in [-0.3, -0.25) is 4.79 Å². The average Bonchev–Trinajstić information content (AvgIpc) is 3.45. The van der Waals surface area contributed by atoms with Crippen LogP contribution in [0.2, 0.25) is 0 Å². The highest BCUT2D eigenvalue weighted by Gasteiger charge is 1.98. The first kappa shape index (κ1) is 43.7. The first-order valence-corrected chi connectivity index (χ1v) is 19.0. The summed E-state index contributed by atoms with van der Waals surface area (Å²) < 4.78 is 16.3. The van der Waals surface area contributed by atoms with Crippen molar-refractivity contribution in [3.8, 4) is 0 Å². The number of imidazole rings is 1. The Morgan fingerprint density at radius 3 is 1.62 bits per heavy atom. The summed E-state index contributed by atoms with van der Waals surface area (Å²) in [6.45, 7) is 18.9. The highest BCUT2D eigenvalue weighted by atomic mass is 32.2. The number of aromatic nitrogens is 2. The van der Waals surface area contributed by atoms with Crippen LogP contribution in [0.4, 0.5) is 0 Å². The van der Waals surface area contributed by atoms with Crippen molar-refractivity contribution >= 4 is 41.3 Å². The molecule has 8 nitrogen and oxygen atoms in total. The van der Waals surface area contributed by atoms with Gasteiger partial charge in [-0.25, -0.2) is 4.98 Å². The molecule has 0 bridgehead atoms. The van der Waals surface area contributed by atoms with Crippen LogP contribution in [-0.2, 0) is 25.4 Å². The number of rotatable bonds is 26. The van der Waals surface area contributed by atoms with E-state index >= 15 is 0 Å². The van der Waals surface area contributed by atoms with Crippen molar-refractivity contribution in [2.24, 2.45) is 23.5 Å². The molecule has 0 saturated heterocycles. The van der Waals surface area contributed by atoms with Crippen molar-refractivity contribution in [2.75, 3.05) is 80.7 Å². The number of aryl methyl sites for hydroxylation is 1. The van der Waals surface area contributed by atoms with E-state index in [9.17, 15) is 4.79 Å². The number of ether oxygens (including phenoxy) is 3. The minimum Gasteiger partial charge on any atom is -0.481 e. The number of hydrogen-bond acceptors (Lipinski definition) is 9. The maximum Gasteiger partial charge on any atom is 0.304 e. The van der Waals surface area contributed by atoms with Gasteiger partial charge >= 0.3 is 5.97 Å². The maximum absolute atomic E-state index is 10.2. The van der Waals surface area contributed by atoms with E-state index in [1.54, 1.807) is 18.0 Å². The zero-order valence-corrected chi connectivity index (χ0v) is 29.9. The Bertz CT molecular complexity index is 654. The van der Waals surface area contributed by atoms with Gasteiger partial charge in [0.15, 0.2) is 0 Å². The summed E-state index contributed by atoms with van der Waals surface area (Å²) in [6.07, 6.45) is 8.28. The standard InChI is InChI=1S/C12H22N2OS.C10H20O3S.C9H21NOS/c1-11(2)10-15-7-3-8-16-9-4-12-13-5-6-14-12;1-9(2)8-13-5-3-6-14-7-4-10(11)12;1-9(2)8-11-5-3-6-12-7-4-10/h5-6,11H,3-4,7-10H2,1-2H3,(H,13,14);9H,3-8H2,1-2H3,(H,11,12);9H,3-8,10H2,1-2H3. The normalized spacial score (nSPS) is 11.0. The van der Waals surface area contributed by atoms with E-state index in [-0.39, 0.29) is 6.42 Å². The summed E-state index contributed by atoms with van der Waals surface area (Å²) in [5, 5.41) is 8.38. The van der Waals surface area contributed by atoms with Gasteiger partial charge in [-0.05, 0) is 54.3 Å². The number of thioether (sulfide) groups is 3. The van der Waals surface area contributed by atoms with E-state index < -0.39 is 5.97 Å². The van der Waals surface area contributed by atoms with Crippen molar-refractivity contribution < 1.29 is 24.1 Å². The van der Waals surface area contributed by atoms with Gasteiger partial charge < -0.3 is 30.0 Å². The predicted octanol–water partition coefficient (Wildman–Crippen LogP) is 6.75. The molecule has 0 aliphatic rings.